The lowest BCUT2D eigenvalue weighted by Crippen LogP contribution is -2.50. The van der Waals surface area contributed by atoms with Gasteiger partial charge in [0, 0.05) is 37.3 Å². The Hall–Kier alpha value is -2.89. The van der Waals surface area contributed by atoms with Gasteiger partial charge in [-0.3, -0.25) is 14.9 Å². The molecular formula is C20H22ClN3O7S. The lowest BCUT2D eigenvalue weighted by Gasteiger charge is -2.34. The fourth-order valence-electron chi connectivity index (χ4n) is 3.38. The molecule has 0 bridgehead atoms. The van der Waals surface area contributed by atoms with Gasteiger partial charge in [0.05, 0.1) is 29.6 Å². The Kier molecular flexibility index (Phi) is 7.22. The molecule has 0 spiro atoms. The van der Waals surface area contributed by atoms with Gasteiger partial charge in [-0.2, -0.15) is 4.31 Å². The summed E-state index contributed by atoms with van der Waals surface area (Å²) in [5.41, 5.74) is -0.560. The Labute approximate surface area is 190 Å². The second-order valence-electron chi connectivity index (χ2n) is 6.86. The first kappa shape index (κ1) is 23.8. The molecule has 0 N–H and O–H groups in total. The summed E-state index contributed by atoms with van der Waals surface area (Å²) in [6, 6.07) is 8.39. The quantitative estimate of drug-likeness (QED) is 0.438. The number of amides is 1. The molecule has 1 aliphatic heterocycles. The predicted octanol–water partition coefficient (Wildman–Crippen LogP) is 2.80. The number of hydrogen-bond acceptors (Lipinski definition) is 7. The van der Waals surface area contributed by atoms with Crippen LogP contribution in [-0.2, 0) is 10.0 Å². The van der Waals surface area contributed by atoms with Crippen LogP contribution in [0.15, 0.2) is 41.3 Å². The van der Waals surface area contributed by atoms with E-state index in [2.05, 4.69) is 0 Å². The number of rotatable bonds is 7. The highest BCUT2D eigenvalue weighted by Crippen LogP contribution is 2.35. The molecule has 0 unspecified atom stereocenters. The summed E-state index contributed by atoms with van der Waals surface area (Å²) in [4.78, 5) is 25.4. The van der Waals surface area contributed by atoms with E-state index in [-0.39, 0.29) is 54.7 Å². The van der Waals surface area contributed by atoms with Gasteiger partial charge in [0.1, 0.15) is 5.56 Å². The van der Waals surface area contributed by atoms with Crippen LogP contribution in [-0.4, -0.2) is 68.3 Å². The summed E-state index contributed by atoms with van der Waals surface area (Å²) < 4.78 is 37.6. The molecule has 2 aromatic carbocycles. The van der Waals surface area contributed by atoms with Crippen LogP contribution >= 0.6 is 11.6 Å². The van der Waals surface area contributed by atoms with E-state index in [1.165, 1.54) is 34.5 Å². The van der Waals surface area contributed by atoms with E-state index in [4.69, 9.17) is 21.1 Å². The molecule has 0 radical (unpaired) electrons. The lowest BCUT2D eigenvalue weighted by atomic mass is 10.1. The zero-order chi connectivity index (χ0) is 23.5. The largest absolute Gasteiger partial charge is 0.493 e. The maximum Gasteiger partial charge on any atom is 0.286 e. The van der Waals surface area contributed by atoms with E-state index in [0.29, 0.717) is 5.02 Å². The van der Waals surface area contributed by atoms with Gasteiger partial charge in [-0.25, -0.2) is 8.42 Å². The molecule has 0 aliphatic carbocycles. The highest BCUT2D eigenvalue weighted by atomic mass is 35.5. The standard InChI is InChI=1S/C20H22ClN3O7S/c1-3-31-19-12-16(17(24(26)27)13-18(19)30-2)20(25)22-7-9-23(10-8-22)32(28,29)15-6-4-5-14(21)11-15/h4-6,11-13H,3,7-10H2,1-2H3. The SMILES string of the molecule is CCOc1cc(C(=O)N2CCN(S(=O)(=O)c3cccc(Cl)c3)CC2)c([N+](=O)[O-])cc1OC. The van der Waals surface area contributed by atoms with Crippen LogP contribution < -0.4 is 9.47 Å². The number of sulfonamides is 1. The zero-order valence-electron chi connectivity index (χ0n) is 17.5. The Morgan fingerprint density at radius 1 is 1.16 bits per heavy atom. The van der Waals surface area contributed by atoms with Crippen molar-refractivity contribution in [1.29, 1.82) is 0 Å². The topological polar surface area (TPSA) is 119 Å². The van der Waals surface area contributed by atoms with Crippen LogP contribution in [0.2, 0.25) is 5.02 Å². The van der Waals surface area contributed by atoms with Crippen LogP contribution in [0.4, 0.5) is 5.69 Å². The summed E-state index contributed by atoms with van der Waals surface area (Å²) >= 11 is 5.91. The molecule has 2 aromatic rings. The molecule has 3 rings (SSSR count). The Morgan fingerprint density at radius 2 is 1.84 bits per heavy atom. The molecule has 0 aromatic heterocycles. The number of nitro groups is 1. The van der Waals surface area contributed by atoms with Gasteiger partial charge in [0.25, 0.3) is 11.6 Å². The molecule has 32 heavy (non-hydrogen) atoms. The molecule has 0 atom stereocenters. The molecule has 12 heteroatoms. The van der Waals surface area contributed by atoms with Crippen molar-refractivity contribution in [3.8, 4) is 11.5 Å². The molecule has 10 nitrogen and oxygen atoms in total. The van der Waals surface area contributed by atoms with Crippen LogP contribution in [0.1, 0.15) is 17.3 Å². The van der Waals surface area contributed by atoms with Crippen molar-refractivity contribution in [2.24, 2.45) is 0 Å². The van der Waals surface area contributed by atoms with Crippen LogP contribution in [0.25, 0.3) is 0 Å². The minimum atomic E-state index is -3.78. The van der Waals surface area contributed by atoms with Crippen LogP contribution in [0.3, 0.4) is 0 Å². The minimum absolute atomic E-state index is 0.0445. The van der Waals surface area contributed by atoms with Crippen molar-refractivity contribution in [3.63, 3.8) is 0 Å². The zero-order valence-corrected chi connectivity index (χ0v) is 19.1. The van der Waals surface area contributed by atoms with Gasteiger partial charge in [0.15, 0.2) is 11.5 Å². The highest BCUT2D eigenvalue weighted by molar-refractivity contribution is 7.89. The van der Waals surface area contributed by atoms with E-state index >= 15 is 0 Å². The number of nitro benzene ring substituents is 1. The molecule has 0 saturated carbocycles. The van der Waals surface area contributed by atoms with E-state index in [1.807, 2.05) is 0 Å². The maximum absolute atomic E-state index is 13.1. The number of ether oxygens (including phenoxy) is 2. The summed E-state index contributed by atoms with van der Waals surface area (Å²) in [5, 5.41) is 11.9. The smallest absolute Gasteiger partial charge is 0.286 e. The third-order valence-corrected chi connectivity index (χ3v) is 7.10. The third kappa shape index (κ3) is 4.79. The summed E-state index contributed by atoms with van der Waals surface area (Å²) in [7, 11) is -2.43. The number of piperazine rings is 1. The molecule has 1 aliphatic rings. The first-order valence-corrected chi connectivity index (χ1v) is 11.5. The van der Waals surface area contributed by atoms with Gasteiger partial charge in [-0.15, -0.1) is 0 Å². The monoisotopic (exact) mass is 483 g/mol. The fourth-order valence-corrected chi connectivity index (χ4v) is 5.10. The summed E-state index contributed by atoms with van der Waals surface area (Å²) in [6.45, 7) is 2.26. The third-order valence-electron chi connectivity index (χ3n) is 4.97. The molecule has 1 fully saturated rings. The number of methoxy groups -OCH3 is 1. The second-order valence-corrected chi connectivity index (χ2v) is 9.24. The van der Waals surface area contributed by atoms with Gasteiger partial charge >= 0.3 is 0 Å². The van der Waals surface area contributed by atoms with Gasteiger partial charge in [-0.05, 0) is 25.1 Å². The normalized spacial score (nSPS) is 14.8. The molecular weight excluding hydrogens is 462 g/mol. The average molecular weight is 484 g/mol. The molecule has 172 valence electrons. The van der Waals surface area contributed by atoms with Gasteiger partial charge < -0.3 is 14.4 Å². The first-order chi connectivity index (χ1) is 15.2. The van der Waals surface area contributed by atoms with Crippen molar-refractivity contribution in [2.45, 2.75) is 11.8 Å². The van der Waals surface area contributed by atoms with E-state index in [1.54, 1.807) is 19.1 Å². The van der Waals surface area contributed by atoms with Crippen molar-refractivity contribution in [3.05, 3.63) is 57.1 Å². The van der Waals surface area contributed by atoms with Gasteiger partial charge in [0.2, 0.25) is 10.0 Å². The van der Waals surface area contributed by atoms with Crippen molar-refractivity contribution in [2.75, 3.05) is 39.9 Å². The van der Waals surface area contributed by atoms with E-state index in [0.717, 1.165) is 6.07 Å². The van der Waals surface area contributed by atoms with Crippen LogP contribution in [0.5, 0.6) is 11.5 Å². The fraction of sp³-hybridized carbons (Fsp3) is 0.350. The predicted molar refractivity (Wildman–Crippen MR) is 117 cm³/mol. The number of nitrogens with zero attached hydrogens (tertiary/aromatic N) is 3. The molecule has 1 amide bonds. The van der Waals surface area contributed by atoms with Crippen LogP contribution in [0, 0.1) is 10.1 Å². The number of halogens is 1. The lowest BCUT2D eigenvalue weighted by molar-refractivity contribution is -0.385. The first-order valence-electron chi connectivity index (χ1n) is 9.73. The minimum Gasteiger partial charge on any atom is -0.493 e. The average Bonchev–Trinajstić information content (AvgIpc) is 2.78. The highest BCUT2D eigenvalue weighted by Gasteiger charge is 2.33. The summed E-state index contributed by atoms with van der Waals surface area (Å²) in [6.07, 6.45) is 0. The number of benzene rings is 2. The Morgan fingerprint density at radius 3 is 2.41 bits per heavy atom. The number of carbonyl (C=O) groups excluding carboxylic acids is 1. The number of hydrogen-bond donors (Lipinski definition) is 0. The number of carbonyl (C=O) groups is 1. The maximum atomic E-state index is 13.1. The van der Waals surface area contributed by atoms with Crippen molar-refractivity contribution < 1.29 is 27.6 Å². The molecule has 1 saturated heterocycles. The summed E-state index contributed by atoms with van der Waals surface area (Å²) in [5.74, 6) is -0.223. The molecule has 1 heterocycles. The van der Waals surface area contributed by atoms with Crippen molar-refractivity contribution >= 4 is 33.2 Å². The second kappa shape index (κ2) is 9.72. The van der Waals surface area contributed by atoms with E-state index in [9.17, 15) is 23.3 Å². The Balaban J connectivity index is 1.82. The Bertz CT molecular complexity index is 1130. The van der Waals surface area contributed by atoms with Gasteiger partial charge in [-0.1, -0.05) is 17.7 Å². The van der Waals surface area contributed by atoms with Crippen molar-refractivity contribution in [1.82, 2.24) is 9.21 Å². The van der Waals surface area contributed by atoms with E-state index < -0.39 is 26.5 Å².